The van der Waals surface area contributed by atoms with Crippen LogP contribution in [0.3, 0.4) is 0 Å². The molecule has 0 bridgehead atoms. The van der Waals surface area contributed by atoms with Gasteiger partial charge in [-0.3, -0.25) is 19.4 Å². The molecular formula is C19H17N7O2. The van der Waals surface area contributed by atoms with Gasteiger partial charge in [-0.1, -0.05) is 0 Å². The van der Waals surface area contributed by atoms with Crippen molar-refractivity contribution in [2.45, 2.75) is 12.5 Å². The molecule has 5 heterocycles. The molecule has 9 nitrogen and oxygen atoms in total. The summed E-state index contributed by atoms with van der Waals surface area (Å²) in [6.45, 7) is 0.948. The highest BCUT2D eigenvalue weighted by atomic mass is 16.3. The first-order chi connectivity index (χ1) is 13.7. The number of fused-ring (bicyclic) bond motifs is 1. The van der Waals surface area contributed by atoms with Crippen molar-refractivity contribution in [1.82, 2.24) is 34.6 Å². The molecule has 0 saturated carbocycles. The molecule has 2 N–H and O–H groups in total. The summed E-state index contributed by atoms with van der Waals surface area (Å²) in [7, 11) is 0. The number of β-amino-alcohol motifs (C(OH)–C–C–N with tert-alkyl or cyclic N) is 1. The van der Waals surface area contributed by atoms with E-state index in [4.69, 9.17) is 0 Å². The maximum atomic E-state index is 12.6. The van der Waals surface area contributed by atoms with Gasteiger partial charge in [-0.15, -0.1) is 0 Å². The number of amides is 1. The third-order valence-electron chi connectivity index (χ3n) is 4.91. The van der Waals surface area contributed by atoms with Crippen molar-refractivity contribution < 1.29 is 9.90 Å². The summed E-state index contributed by atoms with van der Waals surface area (Å²) in [5.74, 6) is 0.508. The maximum absolute atomic E-state index is 12.6. The van der Waals surface area contributed by atoms with Crippen molar-refractivity contribution in [3.8, 4) is 17.2 Å². The molecule has 1 aliphatic heterocycles. The number of aromatic amines is 1. The fourth-order valence-electron chi connectivity index (χ4n) is 3.46. The zero-order valence-electron chi connectivity index (χ0n) is 14.9. The number of rotatable bonds is 3. The molecule has 0 aliphatic carbocycles. The number of carbonyl (C=O) groups is 1. The molecule has 1 amide bonds. The van der Waals surface area contributed by atoms with Crippen molar-refractivity contribution in [3.63, 3.8) is 0 Å². The van der Waals surface area contributed by atoms with Crippen LogP contribution in [0.2, 0.25) is 0 Å². The van der Waals surface area contributed by atoms with Gasteiger partial charge in [0.05, 0.1) is 23.6 Å². The first-order valence-corrected chi connectivity index (χ1v) is 8.95. The molecule has 4 aromatic heterocycles. The Morgan fingerprint density at radius 2 is 2.11 bits per heavy atom. The second kappa shape index (κ2) is 6.54. The molecule has 4 aromatic rings. The summed E-state index contributed by atoms with van der Waals surface area (Å²) in [4.78, 5) is 27.3. The fraction of sp³-hybridized carbons (Fsp3) is 0.211. The van der Waals surface area contributed by atoms with Crippen molar-refractivity contribution in [1.29, 1.82) is 0 Å². The topological polar surface area (TPSA) is 113 Å². The van der Waals surface area contributed by atoms with Crippen molar-refractivity contribution in [3.05, 3.63) is 54.7 Å². The standard InChI is InChI=1S/C19H17N7O2/c27-15-4-5-25(10-15)19(28)13-7-12-3-6-26(18(12)21-8-13)14-1-2-16(20-9-14)17-22-11-23-24-17/h1-3,6-9,11,15,27H,4-5,10H2,(H,22,23,24)/t15-/m0/s1. The van der Waals surface area contributed by atoms with E-state index in [9.17, 15) is 9.90 Å². The minimum absolute atomic E-state index is 0.100. The van der Waals surface area contributed by atoms with Gasteiger partial charge in [0.2, 0.25) is 0 Å². The van der Waals surface area contributed by atoms with Gasteiger partial charge in [-0.2, -0.15) is 5.10 Å². The Balaban J connectivity index is 1.44. The smallest absolute Gasteiger partial charge is 0.255 e. The Morgan fingerprint density at radius 3 is 2.82 bits per heavy atom. The number of hydrogen-bond acceptors (Lipinski definition) is 6. The van der Waals surface area contributed by atoms with Gasteiger partial charge in [0.25, 0.3) is 5.91 Å². The number of H-pyrrole nitrogens is 1. The zero-order chi connectivity index (χ0) is 19.1. The lowest BCUT2D eigenvalue weighted by Gasteiger charge is -2.15. The van der Waals surface area contributed by atoms with Crippen LogP contribution in [0.25, 0.3) is 28.2 Å². The van der Waals surface area contributed by atoms with E-state index in [1.807, 2.05) is 35.0 Å². The average Bonchev–Trinajstić information content (AvgIpc) is 3.48. The van der Waals surface area contributed by atoms with E-state index in [2.05, 4.69) is 25.1 Å². The average molecular weight is 375 g/mol. The van der Waals surface area contributed by atoms with Crippen molar-refractivity contribution in [2.75, 3.05) is 13.1 Å². The molecule has 9 heteroatoms. The van der Waals surface area contributed by atoms with Crippen LogP contribution >= 0.6 is 0 Å². The molecule has 0 unspecified atom stereocenters. The van der Waals surface area contributed by atoms with Gasteiger partial charge in [0.1, 0.15) is 17.7 Å². The quantitative estimate of drug-likeness (QED) is 0.560. The molecule has 1 fully saturated rings. The molecule has 5 rings (SSSR count). The molecule has 140 valence electrons. The lowest BCUT2D eigenvalue weighted by atomic mass is 10.2. The Kier molecular flexibility index (Phi) is 3.87. The second-order valence-electron chi connectivity index (χ2n) is 6.75. The zero-order valence-corrected chi connectivity index (χ0v) is 14.9. The number of carbonyl (C=O) groups excluding carboxylic acids is 1. The number of aliphatic hydroxyl groups excluding tert-OH is 1. The molecule has 1 atom stereocenters. The number of aliphatic hydroxyl groups is 1. The van der Waals surface area contributed by atoms with E-state index >= 15 is 0 Å². The van der Waals surface area contributed by atoms with E-state index in [-0.39, 0.29) is 5.91 Å². The van der Waals surface area contributed by atoms with E-state index in [1.165, 1.54) is 6.33 Å². The minimum Gasteiger partial charge on any atom is -0.391 e. The monoisotopic (exact) mass is 375 g/mol. The minimum atomic E-state index is -0.436. The van der Waals surface area contributed by atoms with Crippen LogP contribution in [0, 0.1) is 0 Å². The Bertz CT molecular complexity index is 1140. The largest absolute Gasteiger partial charge is 0.391 e. The van der Waals surface area contributed by atoms with E-state index in [0.717, 1.165) is 16.7 Å². The van der Waals surface area contributed by atoms with Crippen LogP contribution < -0.4 is 0 Å². The first kappa shape index (κ1) is 16.6. The van der Waals surface area contributed by atoms with Gasteiger partial charge in [0.15, 0.2) is 5.82 Å². The third-order valence-corrected chi connectivity index (χ3v) is 4.91. The molecule has 1 saturated heterocycles. The van der Waals surface area contributed by atoms with Crippen molar-refractivity contribution in [2.24, 2.45) is 0 Å². The second-order valence-corrected chi connectivity index (χ2v) is 6.75. The summed E-state index contributed by atoms with van der Waals surface area (Å²) >= 11 is 0. The van der Waals surface area contributed by atoms with Crippen LogP contribution in [0.5, 0.6) is 0 Å². The van der Waals surface area contributed by atoms with Crippen molar-refractivity contribution >= 4 is 16.9 Å². The summed E-state index contributed by atoms with van der Waals surface area (Å²) in [6.07, 6.45) is 6.85. The van der Waals surface area contributed by atoms with Crippen LogP contribution in [-0.2, 0) is 0 Å². The summed E-state index contributed by atoms with van der Waals surface area (Å²) < 4.78 is 1.92. The number of nitrogens with zero attached hydrogens (tertiary/aromatic N) is 6. The Hall–Kier alpha value is -3.59. The Labute approximate surface area is 159 Å². The van der Waals surface area contributed by atoms with Gasteiger partial charge >= 0.3 is 0 Å². The number of likely N-dealkylation sites (tertiary alicyclic amines) is 1. The Morgan fingerprint density at radius 1 is 1.18 bits per heavy atom. The number of pyridine rings is 2. The van der Waals surface area contributed by atoms with Gasteiger partial charge < -0.3 is 10.0 Å². The summed E-state index contributed by atoms with van der Waals surface area (Å²) in [6, 6.07) is 7.54. The number of aromatic nitrogens is 6. The lowest BCUT2D eigenvalue weighted by molar-refractivity contribution is 0.0765. The molecule has 1 aliphatic rings. The predicted octanol–water partition coefficient (Wildman–Crippen LogP) is 1.41. The SMILES string of the molecule is O=C(c1cnc2c(ccn2-c2ccc(-c3ncn[nH]3)nc2)c1)N1CC[C@H](O)C1. The fourth-order valence-corrected chi connectivity index (χ4v) is 3.46. The van der Waals surface area contributed by atoms with Gasteiger partial charge in [-0.05, 0) is 30.7 Å². The van der Waals surface area contributed by atoms with Crippen LogP contribution in [0.1, 0.15) is 16.8 Å². The van der Waals surface area contributed by atoms with Crippen LogP contribution in [0.4, 0.5) is 0 Å². The number of nitrogens with one attached hydrogen (secondary N) is 1. The van der Waals surface area contributed by atoms with E-state index in [1.54, 1.807) is 17.3 Å². The van der Waals surface area contributed by atoms with E-state index in [0.29, 0.717) is 36.6 Å². The van der Waals surface area contributed by atoms with Gasteiger partial charge in [0, 0.05) is 30.9 Å². The third kappa shape index (κ3) is 2.81. The maximum Gasteiger partial charge on any atom is 0.255 e. The first-order valence-electron chi connectivity index (χ1n) is 8.95. The summed E-state index contributed by atoms with van der Waals surface area (Å²) in [5, 5.41) is 17.1. The number of hydrogen-bond donors (Lipinski definition) is 2. The molecule has 0 spiro atoms. The molecule has 0 radical (unpaired) electrons. The lowest BCUT2D eigenvalue weighted by Crippen LogP contribution is -2.29. The van der Waals surface area contributed by atoms with Gasteiger partial charge in [-0.25, -0.2) is 9.97 Å². The van der Waals surface area contributed by atoms with E-state index < -0.39 is 6.10 Å². The molecule has 28 heavy (non-hydrogen) atoms. The highest BCUT2D eigenvalue weighted by molar-refractivity contribution is 5.97. The highest BCUT2D eigenvalue weighted by Gasteiger charge is 2.25. The normalized spacial score (nSPS) is 16.8. The molecule has 0 aromatic carbocycles. The molecular weight excluding hydrogens is 358 g/mol. The highest BCUT2D eigenvalue weighted by Crippen LogP contribution is 2.22. The summed E-state index contributed by atoms with van der Waals surface area (Å²) in [5.41, 5.74) is 2.82. The predicted molar refractivity (Wildman–Crippen MR) is 101 cm³/mol. The van der Waals surface area contributed by atoms with Crippen LogP contribution in [0.15, 0.2) is 49.2 Å². The van der Waals surface area contributed by atoms with Crippen LogP contribution in [-0.4, -0.2) is 64.8 Å².